The normalized spacial score (nSPS) is 10.6. The summed E-state index contributed by atoms with van der Waals surface area (Å²) in [5, 5.41) is 8.52. The maximum atomic E-state index is 10.4. The standard InChI is InChI=1S/C9H11NO2.2Na.2H/c10-8(9(11)12)6-7-4-2-1-3-5-7;;;;/h1-5,8H,6,10H2,(H,11,12);;;;/q;2*+1;2*-1/t8-;;;;/m0..../s1. The molecule has 0 fully saturated rings. The van der Waals surface area contributed by atoms with E-state index in [-0.39, 0.29) is 62.0 Å². The van der Waals surface area contributed by atoms with E-state index in [2.05, 4.69) is 0 Å². The molecule has 0 heterocycles. The van der Waals surface area contributed by atoms with E-state index in [9.17, 15) is 4.79 Å². The number of nitrogens with two attached hydrogens (primary N) is 1. The van der Waals surface area contributed by atoms with Crippen molar-refractivity contribution >= 4 is 5.97 Å². The number of rotatable bonds is 3. The molecule has 0 aromatic heterocycles. The Bertz CT molecular complexity index is 275. The van der Waals surface area contributed by atoms with Crippen LogP contribution >= 0.6 is 0 Å². The van der Waals surface area contributed by atoms with E-state index in [0.29, 0.717) is 6.42 Å². The molecular weight excluding hydrogens is 200 g/mol. The van der Waals surface area contributed by atoms with E-state index in [1.54, 1.807) is 0 Å². The van der Waals surface area contributed by atoms with Gasteiger partial charge in [0.15, 0.2) is 0 Å². The number of carboxylic acid groups (broad SMARTS) is 1. The molecule has 0 saturated carbocycles. The summed E-state index contributed by atoms with van der Waals surface area (Å²) in [7, 11) is 0. The Morgan fingerprint density at radius 3 is 2.29 bits per heavy atom. The largest absolute Gasteiger partial charge is 1.00 e. The van der Waals surface area contributed by atoms with Gasteiger partial charge < -0.3 is 13.7 Å². The summed E-state index contributed by atoms with van der Waals surface area (Å²) in [6, 6.07) is 8.54. The summed E-state index contributed by atoms with van der Waals surface area (Å²) in [5.41, 5.74) is 6.30. The molecule has 5 heteroatoms. The van der Waals surface area contributed by atoms with Crippen molar-refractivity contribution in [2.24, 2.45) is 5.73 Å². The smallest absolute Gasteiger partial charge is 1.00 e. The van der Waals surface area contributed by atoms with Gasteiger partial charge in [0.05, 0.1) is 0 Å². The molecule has 14 heavy (non-hydrogen) atoms. The SMILES string of the molecule is N[C@@H](Cc1ccccc1)C(=O)O.[H-].[H-].[Na+].[Na+]. The molecule has 0 aliphatic rings. The van der Waals surface area contributed by atoms with E-state index in [0.717, 1.165) is 5.56 Å². The molecule has 1 rings (SSSR count). The molecule has 1 aromatic carbocycles. The molecule has 0 aliphatic heterocycles. The molecule has 0 amide bonds. The van der Waals surface area contributed by atoms with E-state index in [1.807, 2.05) is 30.3 Å². The molecule has 0 unspecified atom stereocenters. The van der Waals surface area contributed by atoms with E-state index in [4.69, 9.17) is 10.8 Å². The Morgan fingerprint density at radius 1 is 1.36 bits per heavy atom. The zero-order chi connectivity index (χ0) is 8.97. The molecule has 0 spiro atoms. The Kier molecular flexibility index (Phi) is 10.9. The van der Waals surface area contributed by atoms with Crippen molar-refractivity contribution in [1.82, 2.24) is 0 Å². The number of carbonyl (C=O) groups is 1. The van der Waals surface area contributed by atoms with Crippen LogP contribution in [0.3, 0.4) is 0 Å². The van der Waals surface area contributed by atoms with Gasteiger partial charge in [-0.2, -0.15) is 0 Å². The minimum atomic E-state index is -0.959. The van der Waals surface area contributed by atoms with E-state index < -0.39 is 12.0 Å². The fourth-order valence-electron chi connectivity index (χ4n) is 0.955. The molecule has 3 N–H and O–H groups in total. The van der Waals surface area contributed by atoms with Gasteiger partial charge >= 0.3 is 65.1 Å². The van der Waals surface area contributed by atoms with Gasteiger partial charge in [0.25, 0.3) is 0 Å². The van der Waals surface area contributed by atoms with Crippen LogP contribution in [0.5, 0.6) is 0 Å². The quantitative estimate of drug-likeness (QED) is 0.494. The average molecular weight is 213 g/mol. The Morgan fingerprint density at radius 2 is 1.86 bits per heavy atom. The third-order valence-corrected chi connectivity index (χ3v) is 1.62. The predicted molar refractivity (Wildman–Crippen MR) is 48.0 cm³/mol. The predicted octanol–water partition coefficient (Wildman–Crippen LogP) is -5.13. The number of carboxylic acids is 1. The first kappa shape index (κ1) is 17.1. The van der Waals surface area contributed by atoms with Gasteiger partial charge in [-0.15, -0.1) is 0 Å². The van der Waals surface area contributed by atoms with Gasteiger partial charge in [-0.25, -0.2) is 0 Å². The van der Waals surface area contributed by atoms with Crippen LogP contribution in [-0.4, -0.2) is 17.1 Å². The van der Waals surface area contributed by atoms with Crippen LogP contribution < -0.4 is 64.8 Å². The van der Waals surface area contributed by atoms with E-state index in [1.165, 1.54) is 0 Å². The van der Waals surface area contributed by atoms with Crippen molar-refractivity contribution < 1.29 is 71.9 Å². The first-order valence-electron chi connectivity index (χ1n) is 3.72. The molecule has 1 aromatic rings. The van der Waals surface area contributed by atoms with Crippen LogP contribution in [0, 0.1) is 0 Å². The topological polar surface area (TPSA) is 63.3 Å². The van der Waals surface area contributed by atoms with Gasteiger partial charge in [0, 0.05) is 0 Å². The molecule has 68 valence electrons. The summed E-state index contributed by atoms with van der Waals surface area (Å²) in [5.74, 6) is -0.959. The van der Waals surface area contributed by atoms with Gasteiger partial charge in [-0.3, -0.25) is 4.79 Å². The number of hydrogen-bond donors (Lipinski definition) is 2. The van der Waals surface area contributed by atoms with Gasteiger partial charge in [0.1, 0.15) is 6.04 Å². The van der Waals surface area contributed by atoms with Gasteiger partial charge in [-0.05, 0) is 12.0 Å². The monoisotopic (exact) mass is 213 g/mol. The van der Waals surface area contributed by atoms with E-state index >= 15 is 0 Å². The zero-order valence-electron chi connectivity index (χ0n) is 10.6. The summed E-state index contributed by atoms with van der Waals surface area (Å²) in [4.78, 5) is 10.4. The second-order valence-electron chi connectivity index (χ2n) is 2.63. The van der Waals surface area contributed by atoms with Crippen LogP contribution in [0.15, 0.2) is 30.3 Å². The van der Waals surface area contributed by atoms with Crippen molar-refractivity contribution in [3.05, 3.63) is 35.9 Å². The summed E-state index contributed by atoms with van der Waals surface area (Å²) >= 11 is 0. The van der Waals surface area contributed by atoms with Crippen molar-refractivity contribution in [1.29, 1.82) is 0 Å². The molecule has 0 saturated heterocycles. The van der Waals surface area contributed by atoms with Crippen molar-refractivity contribution in [3.8, 4) is 0 Å². The maximum absolute atomic E-state index is 10.4. The second-order valence-corrected chi connectivity index (χ2v) is 2.63. The molecule has 0 aliphatic carbocycles. The third kappa shape index (κ3) is 6.19. The van der Waals surface area contributed by atoms with Crippen molar-refractivity contribution in [2.75, 3.05) is 0 Å². The van der Waals surface area contributed by atoms with Crippen LogP contribution in [-0.2, 0) is 11.2 Å². The molecule has 3 nitrogen and oxygen atoms in total. The summed E-state index contributed by atoms with van der Waals surface area (Å²) < 4.78 is 0. The maximum Gasteiger partial charge on any atom is 1.00 e. The van der Waals surface area contributed by atoms with Crippen molar-refractivity contribution in [2.45, 2.75) is 12.5 Å². The third-order valence-electron chi connectivity index (χ3n) is 1.62. The first-order chi connectivity index (χ1) is 5.70. The first-order valence-corrected chi connectivity index (χ1v) is 3.72. The molecular formula is C9H13NNa2O2. The van der Waals surface area contributed by atoms with Gasteiger partial charge in [0.2, 0.25) is 0 Å². The Balaban J connectivity index is -0.000000180. The van der Waals surface area contributed by atoms with Crippen LogP contribution in [0.4, 0.5) is 0 Å². The van der Waals surface area contributed by atoms with Crippen molar-refractivity contribution in [3.63, 3.8) is 0 Å². The number of benzene rings is 1. The second kappa shape index (κ2) is 8.92. The van der Waals surface area contributed by atoms with Crippen LogP contribution in [0.25, 0.3) is 0 Å². The Labute approximate surface area is 131 Å². The zero-order valence-corrected chi connectivity index (χ0v) is 12.6. The minimum Gasteiger partial charge on any atom is -1.00 e. The number of aliphatic carboxylic acids is 1. The summed E-state index contributed by atoms with van der Waals surface area (Å²) in [6.07, 6.45) is 0.385. The fourth-order valence-corrected chi connectivity index (χ4v) is 0.955. The summed E-state index contributed by atoms with van der Waals surface area (Å²) in [6.45, 7) is 0. The van der Waals surface area contributed by atoms with Crippen LogP contribution in [0.1, 0.15) is 8.42 Å². The Hall–Kier alpha value is 0.650. The van der Waals surface area contributed by atoms with Crippen LogP contribution in [0.2, 0.25) is 0 Å². The molecule has 0 radical (unpaired) electrons. The number of hydrogen-bond acceptors (Lipinski definition) is 2. The molecule has 0 bridgehead atoms. The van der Waals surface area contributed by atoms with Gasteiger partial charge in [-0.1, -0.05) is 30.3 Å². The fraction of sp³-hybridized carbons (Fsp3) is 0.222. The molecule has 1 atom stereocenters. The average Bonchev–Trinajstić information content (AvgIpc) is 2.06. The minimum absolute atomic E-state index is 0.